The Morgan fingerprint density at radius 2 is 0.610 bits per heavy atom. The van der Waals surface area contributed by atoms with Gasteiger partial charge in [0.1, 0.15) is 0 Å². The van der Waals surface area contributed by atoms with Crippen molar-refractivity contribution < 1.29 is 0 Å². The molecule has 0 spiro atoms. The van der Waals surface area contributed by atoms with Crippen molar-refractivity contribution in [2.24, 2.45) is 0 Å². The molecule has 10 aromatic carbocycles. The standard InChI is InChI=1S/C58H41N/c1-3-16-42(17-4-1)47-22-13-23-48(40-47)43-32-36-51(37-33-43)59(52-38-34-46(35-39-52)55-28-10-9-27-53(55)44-18-5-2-6-19-44)58-31-12-11-29-57(58)50-25-14-24-49(41-50)56-30-15-21-45-20-7-8-26-54(45)56/h1-41H. The zero-order chi connectivity index (χ0) is 39.4. The molecular formula is C58H41N. The first-order chi connectivity index (χ1) is 29.3. The predicted molar refractivity (Wildman–Crippen MR) is 251 cm³/mol. The van der Waals surface area contributed by atoms with Gasteiger partial charge in [0.05, 0.1) is 5.69 Å². The van der Waals surface area contributed by atoms with E-state index in [4.69, 9.17) is 0 Å². The molecule has 278 valence electrons. The van der Waals surface area contributed by atoms with E-state index < -0.39 is 0 Å². The molecule has 0 bridgehead atoms. The second kappa shape index (κ2) is 16.0. The van der Waals surface area contributed by atoms with E-state index in [0.717, 1.165) is 22.6 Å². The molecule has 0 aliphatic heterocycles. The highest BCUT2D eigenvalue weighted by molar-refractivity contribution is 5.98. The Morgan fingerprint density at radius 3 is 1.27 bits per heavy atom. The first kappa shape index (κ1) is 35.7. The van der Waals surface area contributed by atoms with E-state index >= 15 is 0 Å². The topological polar surface area (TPSA) is 3.24 Å². The molecule has 0 amide bonds. The van der Waals surface area contributed by atoms with Gasteiger partial charge in [-0.05, 0) is 114 Å². The minimum atomic E-state index is 1.09. The van der Waals surface area contributed by atoms with Gasteiger partial charge in [-0.15, -0.1) is 0 Å². The van der Waals surface area contributed by atoms with Gasteiger partial charge in [0, 0.05) is 16.9 Å². The minimum Gasteiger partial charge on any atom is -0.310 e. The molecule has 0 aliphatic carbocycles. The van der Waals surface area contributed by atoms with Crippen LogP contribution in [0.15, 0.2) is 249 Å². The zero-order valence-corrected chi connectivity index (χ0v) is 32.6. The van der Waals surface area contributed by atoms with Crippen LogP contribution in [-0.4, -0.2) is 0 Å². The van der Waals surface area contributed by atoms with E-state index in [1.807, 2.05) is 0 Å². The van der Waals surface area contributed by atoms with Crippen molar-refractivity contribution in [3.05, 3.63) is 249 Å². The molecule has 10 rings (SSSR count). The van der Waals surface area contributed by atoms with Crippen LogP contribution < -0.4 is 4.90 Å². The molecule has 0 atom stereocenters. The maximum absolute atomic E-state index is 2.40. The fourth-order valence-electron chi connectivity index (χ4n) is 8.38. The smallest absolute Gasteiger partial charge is 0.0540 e. The summed E-state index contributed by atoms with van der Waals surface area (Å²) < 4.78 is 0. The number of fused-ring (bicyclic) bond motifs is 1. The average Bonchev–Trinajstić information content (AvgIpc) is 3.33. The monoisotopic (exact) mass is 751 g/mol. The van der Waals surface area contributed by atoms with Crippen LogP contribution in [0.3, 0.4) is 0 Å². The van der Waals surface area contributed by atoms with Crippen molar-refractivity contribution >= 4 is 27.8 Å². The molecule has 10 aromatic rings. The van der Waals surface area contributed by atoms with Crippen molar-refractivity contribution in [2.75, 3.05) is 4.90 Å². The van der Waals surface area contributed by atoms with Gasteiger partial charge in [-0.3, -0.25) is 0 Å². The van der Waals surface area contributed by atoms with Crippen molar-refractivity contribution in [1.82, 2.24) is 0 Å². The summed E-state index contributed by atoms with van der Waals surface area (Å²) in [7, 11) is 0. The highest BCUT2D eigenvalue weighted by Crippen LogP contribution is 2.43. The predicted octanol–water partition coefficient (Wildman–Crippen LogP) is 16.3. The van der Waals surface area contributed by atoms with E-state index in [0.29, 0.717) is 0 Å². The van der Waals surface area contributed by atoms with Gasteiger partial charge in [0.15, 0.2) is 0 Å². The SMILES string of the molecule is c1ccc(-c2cccc(-c3ccc(N(c4ccc(-c5ccccc5-c5ccccc5)cc4)c4ccccc4-c4cccc(-c5cccc6ccccc56)c4)cc3)c2)cc1. The number of rotatable bonds is 9. The summed E-state index contributed by atoms with van der Waals surface area (Å²) in [6, 6.07) is 89.8. The Kier molecular flexibility index (Phi) is 9.68. The molecule has 0 fully saturated rings. The van der Waals surface area contributed by atoms with Crippen molar-refractivity contribution in [2.45, 2.75) is 0 Å². The largest absolute Gasteiger partial charge is 0.310 e. The molecule has 0 aliphatic rings. The summed E-state index contributed by atoms with van der Waals surface area (Å²) in [6.45, 7) is 0. The average molecular weight is 752 g/mol. The zero-order valence-electron chi connectivity index (χ0n) is 32.6. The summed E-state index contributed by atoms with van der Waals surface area (Å²) >= 11 is 0. The lowest BCUT2D eigenvalue weighted by atomic mass is 9.93. The number of nitrogens with zero attached hydrogens (tertiary/aromatic N) is 1. The first-order valence-corrected chi connectivity index (χ1v) is 20.3. The van der Waals surface area contributed by atoms with E-state index in [2.05, 4.69) is 254 Å². The molecule has 0 heterocycles. The van der Waals surface area contributed by atoms with Gasteiger partial charge < -0.3 is 4.90 Å². The highest BCUT2D eigenvalue weighted by atomic mass is 15.1. The lowest BCUT2D eigenvalue weighted by Gasteiger charge is -2.28. The summed E-state index contributed by atoms with van der Waals surface area (Å²) in [5, 5.41) is 2.50. The van der Waals surface area contributed by atoms with Crippen LogP contribution in [0.5, 0.6) is 0 Å². The number of benzene rings is 10. The van der Waals surface area contributed by atoms with Crippen LogP contribution in [0, 0.1) is 0 Å². The molecule has 1 heteroatoms. The number of hydrogen-bond donors (Lipinski definition) is 0. The van der Waals surface area contributed by atoms with Crippen molar-refractivity contribution in [1.29, 1.82) is 0 Å². The minimum absolute atomic E-state index is 1.09. The van der Waals surface area contributed by atoms with Gasteiger partial charge in [-0.2, -0.15) is 0 Å². The number of hydrogen-bond acceptors (Lipinski definition) is 1. The van der Waals surface area contributed by atoms with E-state index in [1.54, 1.807) is 0 Å². The Hall–Kier alpha value is -7.74. The summed E-state index contributed by atoms with van der Waals surface area (Å²) in [4.78, 5) is 2.40. The molecule has 0 radical (unpaired) electrons. The summed E-state index contributed by atoms with van der Waals surface area (Å²) in [6.07, 6.45) is 0. The van der Waals surface area contributed by atoms with Gasteiger partial charge in [-0.1, -0.05) is 206 Å². The van der Waals surface area contributed by atoms with Gasteiger partial charge in [-0.25, -0.2) is 0 Å². The molecule has 0 saturated carbocycles. The third kappa shape index (κ3) is 7.23. The van der Waals surface area contributed by atoms with Gasteiger partial charge in [0.25, 0.3) is 0 Å². The third-order valence-corrected chi connectivity index (χ3v) is 11.3. The van der Waals surface area contributed by atoms with Crippen LogP contribution in [-0.2, 0) is 0 Å². The second-order valence-electron chi connectivity index (χ2n) is 14.9. The van der Waals surface area contributed by atoms with E-state index in [9.17, 15) is 0 Å². The lowest BCUT2D eigenvalue weighted by Crippen LogP contribution is -2.11. The van der Waals surface area contributed by atoms with Crippen LogP contribution in [0.2, 0.25) is 0 Å². The molecule has 1 nitrogen and oxygen atoms in total. The Bertz CT molecular complexity index is 3010. The van der Waals surface area contributed by atoms with Crippen molar-refractivity contribution in [3.63, 3.8) is 0 Å². The van der Waals surface area contributed by atoms with Crippen LogP contribution in [0.25, 0.3) is 77.5 Å². The fraction of sp³-hybridized carbons (Fsp3) is 0. The molecule has 59 heavy (non-hydrogen) atoms. The van der Waals surface area contributed by atoms with E-state index in [-0.39, 0.29) is 0 Å². The molecule has 0 unspecified atom stereocenters. The quantitative estimate of drug-likeness (QED) is 0.142. The maximum atomic E-state index is 2.40. The lowest BCUT2D eigenvalue weighted by molar-refractivity contribution is 1.28. The molecular weight excluding hydrogens is 711 g/mol. The first-order valence-electron chi connectivity index (χ1n) is 20.3. The van der Waals surface area contributed by atoms with E-state index in [1.165, 1.54) is 72.0 Å². The molecule has 0 N–H and O–H groups in total. The number of anilines is 3. The normalized spacial score (nSPS) is 11.1. The third-order valence-electron chi connectivity index (χ3n) is 11.3. The fourth-order valence-corrected chi connectivity index (χ4v) is 8.38. The highest BCUT2D eigenvalue weighted by Gasteiger charge is 2.19. The molecule has 0 saturated heterocycles. The summed E-state index contributed by atoms with van der Waals surface area (Å²) in [5.41, 5.74) is 17.7. The maximum Gasteiger partial charge on any atom is 0.0540 e. The van der Waals surface area contributed by atoms with Crippen LogP contribution in [0.4, 0.5) is 17.1 Å². The van der Waals surface area contributed by atoms with Crippen molar-refractivity contribution in [3.8, 4) is 66.8 Å². The Morgan fingerprint density at radius 1 is 0.220 bits per heavy atom. The Labute approximate surface area is 346 Å². The van der Waals surface area contributed by atoms with Crippen LogP contribution >= 0.6 is 0 Å². The van der Waals surface area contributed by atoms with Gasteiger partial charge >= 0.3 is 0 Å². The summed E-state index contributed by atoms with van der Waals surface area (Å²) in [5.74, 6) is 0. The van der Waals surface area contributed by atoms with Gasteiger partial charge in [0.2, 0.25) is 0 Å². The van der Waals surface area contributed by atoms with Crippen LogP contribution in [0.1, 0.15) is 0 Å². The Balaban J connectivity index is 1.08. The number of para-hydroxylation sites is 1. The second-order valence-corrected chi connectivity index (χ2v) is 14.9. The molecule has 0 aromatic heterocycles.